The summed E-state index contributed by atoms with van der Waals surface area (Å²) in [5.74, 6) is 0.160. The summed E-state index contributed by atoms with van der Waals surface area (Å²) in [4.78, 5) is 4.79. The van der Waals surface area contributed by atoms with Crippen LogP contribution in [0.3, 0.4) is 0 Å². The molecule has 0 amide bonds. The molecular formula is C14H13NO3. The molecule has 2 rings (SSSR count). The van der Waals surface area contributed by atoms with E-state index >= 15 is 0 Å². The molecule has 0 saturated carbocycles. The van der Waals surface area contributed by atoms with Crippen molar-refractivity contribution >= 4 is 5.71 Å². The Morgan fingerprint density at radius 1 is 0.889 bits per heavy atom. The van der Waals surface area contributed by atoms with Crippen LogP contribution < -0.4 is 0 Å². The van der Waals surface area contributed by atoms with Crippen LogP contribution in [-0.2, 0) is 4.84 Å². The lowest BCUT2D eigenvalue weighted by atomic mass is 10.0. The summed E-state index contributed by atoms with van der Waals surface area (Å²) in [5, 5.41) is 23.6. The number of nitrogens with zero attached hydrogens (tertiary/aromatic N) is 1. The van der Waals surface area contributed by atoms with Crippen LogP contribution >= 0.6 is 0 Å². The fourth-order valence-corrected chi connectivity index (χ4v) is 1.68. The van der Waals surface area contributed by atoms with Crippen LogP contribution in [0.1, 0.15) is 11.1 Å². The first-order chi connectivity index (χ1) is 8.74. The van der Waals surface area contributed by atoms with Gasteiger partial charge in [0.05, 0.1) is 0 Å². The van der Waals surface area contributed by atoms with Crippen molar-refractivity contribution in [2.45, 2.75) is 0 Å². The summed E-state index contributed by atoms with van der Waals surface area (Å²) in [6, 6.07) is 13.5. The lowest BCUT2D eigenvalue weighted by Gasteiger charge is -2.09. The van der Waals surface area contributed by atoms with Gasteiger partial charge in [0.15, 0.2) is 0 Å². The van der Waals surface area contributed by atoms with Crippen LogP contribution in [0.25, 0.3) is 0 Å². The smallest absolute Gasteiger partial charge is 0.125 e. The van der Waals surface area contributed by atoms with Gasteiger partial charge in [-0.2, -0.15) is 0 Å². The van der Waals surface area contributed by atoms with Crippen LogP contribution in [0.15, 0.2) is 53.7 Å². The molecule has 2 aromatic rings. The van der Waals surface area contributed by atoms with Gasteiger partial charge < -0.3 is 15.1 Å². The average molecular weight is 243 g/mol. The van der Waals surface area contributed by atoms with Crippen molar-refractivity contribution in [1.29, 1.82) is 0 Å². The maximum Gasteiger partial charge on any atom is 0.125 e. The predicted octanol–water partition coefficient (Wildman–Crippen LogP) is 2.50. The zero-order valence-electron chi connectivity index (χ0n) is 9.87. The van der Waals surface area contributed by atoms with Gasteiger partial charge in [-0.3, -0.25) is 0 Å². The van der Waals surface area contributed by atoms with Gasteiger partial charge in [0.1, 0.15) is 24.3 Å². The Balaban J connectivity index is 2.59. The standard InChI is InChI=1S/C14H13NO3/c1-18-15-14(10-6-2-4-8-12(10)16)11-7-3-5-9-13(11)17/h2-9,16-17H,1H3. The van der Waals surface area contributed by atoms with Crippen molar-refractivity contribution < 1.29 is 15.1 Å². The van der Waals surface area contributed by atoms with E-state index in [4.69, 9.17) is 4.84 Å². The minimum absolute atomic E-state index is 0.0801. The summed E-state index contributed by atoms with van der Waals surface area (Å²) < 4.78 is 0. The topological polar surface area (TPSA) is 62.0 Å². The molecule has 4 nitrogen and oxygen atoms in total. The summed E-state index contributed by atoms with van der Waals surface area (Å²) in [5.41, 5.74) is 1.38. The zero-order valence-corrected chi connectivity index (χ0v) is 9.87. The Hall–Kier alpha value is -2.49. The molecule has 2 N–H and O–H groups in total. The number of rotatable bonds is 3. The zero-order chi connectivity index (χ0) is 13.0. The van der Waals surface area contributed by atoms with Crippen LogP contribution in [0.4, 0.5) is 0 Å². The number of benzene rings is 2. The molecule has 0 spiro atoms. The summed E-state index contributed by atoms with van der Waals surface area (Å²) in [6.45, 7) is 0. The number of hydrogen-bond donors (Lipinski definition) is 2. The SMILES string of the molecule is CON=C(c1ccccc1O)c1ccccc1O. The monoisotopic (exact) mass is 243 g/mol. The molecule has 0 aliphatic rings. The largest absolute Gasteiger partial charge is 0.507 e. The molecule has 0 fully saturated rings. The molecular weight excluding hydrogens is 230 g/mol. The molecule has 0 bridgehead atoms. The highest BCUT2D eigenvalue weighted by Crippen LogP contribution is 2.25. The molecule has 0 saturated heterocycles. The number of oxime groups is 1. The van der Waals surface area contributed by atoms with E-state index < -0.39 is 0 Å². The molecule has 0 aromatic heterocycles. The maximum atomic E-state index is 9.84. The highest BCUT2D eigenvalue weighted by atomic mass is 16.6. The summed E-state index contributed by atoms with van der Waals surface area (Å²) in [6.07, 6.45) is 0. The first kappa shape index (κ1) is 12.0. The van der Waals surface area contributed by atoms with Gasteiger partial charge in [-0.1, -0.05) is 29.4 Å². The van der Waals surface area contributed by atoms with Gasteiger partial charge in [-0.05, 0) is 24.3 Å². The Morgan fingerprint density at radius 2 is 1.33 bits per heavy atom. The van der Waals surface area contributed by atoms with Crippen molar-refractivity contribution in [3.63, 3.8) is 0 Å². The second kappa shape index (κ2) is 5.23. The Bertz CT molecular complexity index is 531. The molecule has 0 aliphatic carbocycles. The van der Waals surface area contributed by atoms with Gasteiger partial charge in [0.25, 0.3) is 0 Å². The lowest BCUT2D eigenvalue weighted by molar-refractivity contribution is 0.213. The molecule has 18 heavy (non-hydrogen) atoms. The molecule has 4 heteroatoms. The number of aromatic hydroxyl groups is 2. The van der Waals surface area contributed by atoms with Crippen molar-refractivity contribution in [3.8, 4) is 11.5 Å². The van der Waals surface area contributed by atoms with Gasteiger partial charge in [-0.15, -0.1) is 0 Å². The third-order valence-electron chi connectivity index (χ3n) is 2.50. The van der Waals surface area contributed by atoms with E-state index in [0.717, 1.165) is 0 Å². The van der Waals surface area contributed by atoms with Gasteiger partial charge in [0, 0.05) is 11.1 Å². The normalized spacial score (nSPS) is 9.83. The highest BCUT2D eigenvalue weighted by molar-refractivity contribution is 6.15. The second-order valence-corrected chi connectivity index (χ2v) is 3.66. The van der Waals surface area contributed by atoms with E-state index in [0.29, 0.717) is 16.8 Å². The molecule has 92 valence electrons. The van der Waals surface area contributed by atoms with Gasteiger partial charge in [0.2, 0.25) is 0 Å². The lowest BCUT2D eigenvalue weighted by Crippen LogP contribution is -2.04. The fourth-order valence-electron chi connectivity index (χ4n) is 1.68. The molecule has 0 atom stereocenters. The Morgan fingerprint density at radius 3 is 1.72 bits per heavy atom. The third-order valence-corrected chi connectivity index (χ3v) is 2.50. The molecule has 0 unspecified atom stereocenters. The van der Waals surface area contributed by atoms with E-state index in [1.165, 1.54) is 7.11 Å². The minimum Gasteiger partial charge on any atom is -0.507 e. The number of phenolic OH excluding ortho intramolecular Hbond substituents is 2. The average Bonchev–Trinajstić information content (AvgIpc) is 2.38. The van der Waals surface area contributed by atoms with Crippen LogP contribution in [0.2, 0.25) is 0 Å². The van der Waals surface area contributed by atoms with E-state index in [9.17, 15) is 10.2 Å². The van der Waals surface area contributed by atoms with Crippen molar-refractivity contribution in [2.24, 2.45) is 5.16 Å². The number of para-hydroxylation sites is 2. The Kier molecular flexibility index (Phi) is 3.48. The first-order valence-electron chi connectivity index (χ1n) is 5.42. The van der Waals surface area contributed by atoms with Crippen LogP contribution in [0, 0.1) is 0 Å². The van der Waals surface area contributed by atoms with Gasteiger partial charge >= 0.3 is 0 Å². The second-order valence-electron chi connectivity index (χ2n) is 3.66. The first-order valence-corrected chi connectivity index (χ1v) is 5.42. The quantitative estimate of drug-likeness (QED) is 0.643. The van der Waals surface area contributed by atoms with Crippen molar-refractivity contribution in [2.75, 3.05) is 7.11 Å². The molecule has 0 radical (unpaired) electrons. The number of phenols is 2. The van der Waals surface area contributed by atoms with Crippen LogP contribution in [0.5, 0.6) is 11.5 Å². The van der Waals surface area contributed by atoms with E-state index in [-0.39, 0.29) is 11.5 Å². The van der Waals surface area contributed by atoms with E-state index in [1.807, 2.05) is 0 Å². The molecule has 0 heterocycles. The predicted molar refractivity (Wildman–Crippen MR) is 68.9 cm³/mol. The maximum absolute atomic E-state index is 9.84. The Labute approximate surface area is 105 Å². The summed E-state index contributed by atoms with van der Waals surface area (Å²) in [7, 11) is 1.42. The van der Waals surface area contributed by atoms with Crippen molar-refractivity contribution in [3.05, 3.63) is 59.7 Å². The van der Waals surface area contributed by atoms with Crippen molar-refractivity contribution in [1.82, 2.24) is 0 Å². The minimum atomic E-state index is 0.0801. The summed E-state index contributed by atoms with van der Waals surface area (Å²) >= 11 is 0. The number of hydrogen-bond acceptors (Lipinski definition) is 4. The van der Waals surface area contributed by atoms with Gasteiger partial charge in [-0.25, -0.2) is 0 Å². The van der Waals surface area contributed by atoms with E-state index in [1.54, 1.807) is 48.5 Å². The highest BCUT2D eigenvalue weighted by Gasteiger charge is 2.15. The van der Waals surface area contributed by atoms with E-state index in [2.05, 4.69) is 5.16 Å². The fraction of sp³-hybridized carbons (Fsp3) is 0.0714. The van der Waals surface area contributed by atoms with Crippen LogP contribution in [-0.4, -0.2) is 23.0 Å². The third kappa shape index (κ3) is 2.27. The molecule has 0 aliphatic heterocycles. The molecule has 2 aromatic carbocycles.